The molecule has 1 aliphatic heterocycles. The number of nitrogens with zero attached hydrogens (tertiary/aromatic N) is 6. The van der Waals surface area contributed by atoms with E-state index >= 15 is 0 Å². The zero-order valence-corrected chi connectivity index (χ0v) is 14.6. The predicted molar refractivity (Wildman–Crippen MR) is 91.9 cm³/mol. The van der Waals surface area contributed by atoms with Crippen molar-refractivity contribution in [2.24, 2.45) is 19.2 Å². The summed E-state index contributed by atoms with van der Waals surface area (Å²) in [5.74, 6) is 0.557. The van der Waals surface area contributed by atoms with Gasteiger partial charge in [0.15, 0.2) is 11.2 Å². The van der Waals surface area contributed by atoms with Crippen LogP contribution in [0.1, 0.15) is 26.8 Å². The Morgan fingerprint density at radius 2 is 1.92 bits per heavy atom. The molecule has 130 valence electrons. The van der Waals surface area contributed by atoms with Crippen molar-refractivity contribution >= 4 is 22.8 Å². The van der Waals surface area contributed by atoms with Gasteiger partial charge in [-0.2, -0.15) is 10.1 Å². The monoisotopic (exact) mass is 334 g/mol. The van der Waals surface area contributed by atoms with Crippen LogP contribution >= 0.6 is 0 Å². The second-order valence-electron chi connectivity index (χ2n) is 5.90. The molecule has 2 aromatic rings. The predicted octanol–water partition coefficient (Wildman–Crippen LogP) is 0.227. The van der Waals surface area contributed by atoms with Crippen molar-refractivity contribution in [2.45, 2.75) is 26.8 Å². The number of ether oxygens (including phenoxy) is 1. The Morgan fingerprint density at radius 3 is 2.58 bits per heavy atom. The molecule has 1 aliphatic rings. The van der Waals surface area contributed by atoms with Gasteiger partial charge in [-0.1, -0.05) is 0 Å². The highest BCUT2D eigenvalue weighted by atomic mass is 16.5. The van der Waals surface area contributed by atoms with E-state index in [4.69, 9.17) is 4.74 Å². The van der Waals surface area contributed by atoms with Crippen LogP contribution in [0.3, 0.4) is 0 Å². The van der Waals surface area contributed by atoms with Gasteiger partial charge in [0.1, 0.15) is 0 Å². The van der Waals surface area contributed by atoms with E-state index in [1.807, 2.05) is 25.3 Å². The quantitative estimate of drug-likeness (QED) is 0.747. The molecule has 0 saturated heterocycles. The number of fused-ring (bicyclic) bond motifs is 3. The van der Waals surface area contributed by atoms with Crippen LogP contribution in [-0.4, -0.2) is 44.2 Å². The zero-order chi connectivity index (χ0) is 17.6. The molecule has 9 nitrogen and oxygen atoms in total. The minimum absolute atomic E-state index is 0.112. The lowest BCUT2D eigenvalue weighted by Gasteiger charge is -2.29. The Bertz CT molecular complexity index is 935. The number of anilines is 1. The van der Waals surface area contributed by atoms with Gasteiger partial charge in [0.05, 0.1) is 24.9 Å². The van der Waals surface area contributed by atoms with Gasteiger partial charge in [-0.3, -0.25) is 18.5 Å². The number of aryl methyl sites for hydroxylation is 1. The molecule has 9 heteroatoms. The summed E-state index contributed by atoms with van der Waals surface area (Å²) in [5.41, 5.74) is 0.912. The van der Waals surface area contributed by atoms with E-state index in [1.54, 1.807) is 12.1 Å². The van der Waals surface area contributed by atoms with E-state index in [-0.39, 0.29) is 11.6 Å². The summed E-state index contributed by atoms with van der Waals surface area (Å²) in [6.45, 7) is 7.46. The topological polar surface area (TPSA) is 86.7 Å². The highest BCUT2D eigenvalue weighted by Gasteiger charge is 2.30. The molecule has 24 heavy (non-hydrogen) atoms. The number of hydrogen-bond donors (Lipinski definition) is 0. The highest BCUT2D eigenvalue weighted by Crippen LogP contribution is 2.29. The lowest BCUT2D eigenvalue weighted by molar-refractivity contribution is 0.153. The van der Waals surface area contributed by atoms with Crippen LogP contribution in [0.25, 0.3) is 11.2 Å². The molecule has 2 aromatic heterocycles. The summed E-state index contributed by atoms with van der Waals surface area (Å²) in [6.07, 6.45) is 0. The molecule has 0 aromatic carbocycles. The molecule has 0 N–H and O–H groups in total. The van der Waals surface area contributed by atoms with Gasteiger partial charge in [-0.25, -0.2) is 9.80 Å². The lowest BCUT2D eigenvalue weighted by Crippen LogP contribution is -2.38. The molecule has 0 fully saturated rings. The summed E-state index contributed by atoms with van der Waals surface area (Å²) in [7, 11) is 3.09. The SMILES string of the molecule is CCOCCN1N=C(C)C(C)n2c1nc1c2c(=O)n(C)c(=O)n1C. The first-order valence-electron chi connectivity index (χ1n) is 7.96. The van der Waals surface area contributed by atoms with Crippen molar-refractivity contribution in [3.05, 3.63) is 20.8 Å². The van der Waals surface area contributed by atoms with Crippen molar-refractivity contribution in [3.8, 4) is 0 Å². The second-order valence-corrected chi connectivity index (χ2v) is 5.90. The second kappa shape index (κ2) is 5.90. The van der Waals surface area contributed by atoms with E-state index in [0.29, 0.717) is 36.9 Å². The molecule has 0 saturated carbocycles. The maximum atomic E-state index is 12.7. The minimum atomic E-state index is -0.394. The third-order valence-electron chi connectivity index (χ3n) is 4.43. The summed E-state index contributed by atoms with van der Waals surface area (Å²) >= 11 is 0. The molecule has 0 aliphatic carbocycles. The van der Waals surface area contributed by atoms with Gasteiger partial charge in [0.25, 0.3) is 5.56 Å². The zero-order valence-electron chi connectivity index (χ0n) is 14.6. The fourth-order valence-corrected chi connectivity index (χ4v) is 2.90. The van der Waals surface area contributed by atoms with Crippen molar-refractivity contribution < 1.29 is 4.74 Å². The van der Waals surface area contributed by atoms with E-state index in [1.165, 1.54) is 11.6 Å². The first-order chi connectivity index (χ1) is 11.4. The Kier molecular flexibility index (Phi) is 4.04. The van der Waals surface area contributed by atoms with Crippen LogP contribution in [0.2, 0.25) is 0 Å². The summed E-state index contributed by atoms with van der Waals surface area (Å²) < 4.78 is 9.76. The summed E-state index contributed by atoms with van der Waals surface area (Å²) in [6, 6.07) is -0.112. The molecule has 1 atom stereocenters. The van der Waals surface area contributed by atoms with E-state index in [2.05, 4.69) is 10.1 Å². The Balaban J connectivity index is 2.26. The van der Waals surface area contributed by atoms with Crippen LogP contribution in [-0.2, 0) is 18.8 Å². The molecule has 0 bridgehead atoms. The number of rotatable bonds is 4. The van der Waals surface area contributed by atoms with E-state index < -0.39 is 5.69 Å². The maximum Gasteiger partial charge on any atom is 0.332 e. The van der Waals surface area contributed by atoms with E-state index in [9.17, 15) is 9.59 Å². The molecule has 3 rings (SSSR count). The fourth-order valence-electron chi connectivity index (χ4n) is 2.90. The average Bonchev–Trinajstić information content (AvgIpc) is 2.96. The Hall–Kier alpha value is -2.42. The normalized spacial score (nSPS) is 17.3. The largest absolute Gasteiger partial charge is 0.380 e. The van der Waals surface area contributed by atoms with Gasteiger partial charge < -0.3 is 4.74 Å². The molecule has 0 spiro atoms. The molecular formula is C15H22N6O3. The molecule has 3 heterocycles. The maximum absolute atomic E-state index is 12.7. The van der Waals surface area contributed by atoms with Crippen molar-refractivity contribution in [1.82, 2.24) is 18.7 Å². The van der Waals surface area contributed by atoms with Gasteiger partial charge in [0.2, 0.25) is 5.95 Å². The first-order valence-corrected chi connectivity index (χ1v) is 7.96. The third kappa shape index (κ3) is 2.27. The van der Waals surface area contributed by atoms with Crippen molar-refractivity contribution in [1.29, 1.82) is 0 Å². The number of hydrogen-bond acceptors (Lipinski definition) is 6. The Labute approximate surface area is 138 Å². The van der Waals surface area contributed by atoms with Crippen LogP contribution in [0.4, 0.5) is 5.95 Å². The summed E-state index contributed by atoms with van der Waals surface area (Å²) in [5, 5.41) is 6.30. The number of hydrazone groups is 1. The minimum Gasteiger partial charge on any atom is -0.380 e. The van der Waals surface area contributed by atoms with Crippen LogP contribution in [0, 0.1) is 0 Å². The van der Waals surface area contributed by atoms with Gasteiger partial charge in [0, 0.05) is 20.7 Å². The van der Waals surface area contributed by atoms with Gasteiger partial charge in [-0.15, -0.1) is 0 Å². The molecule has 0 radical (unpaired) electrons. The van der Waals surface area contributed by atoms with Crippen LogP contribution < -0.4 is 16.3 Å². The molecular weight excluding hydrogens is 312 g/mol. The first kappa shape index (κ1) is 16.4. The standard InChI is InChI=1S/C15H22N6O3/c1-6-24-8-7-20-14-16-12-11(21(14)10(3)9(2)17-20)13(22)19(5)15(23)18(12)4/h10H,6-8H2,1-5H3. The smallest absolute Gasteiger partial charge is 0.332 e. The molecule has 1 unspecified atom stereocenters. The van der Waals surface area contributed by atoms with Gasteiger partial charge >= 0.3 is 5.69 Å². The van der Waals surface area contributed by atoms with Crippen LogP contribution in [0.5, 0.6) is 0 Å². The highest BCUT2D eigenvalue weighted by molar-refractivity contribution is 5.90. The third-order valence-corrected chi connectivity index (χ3v) is 4.43. The number of imidazole rings is 1. The van der Waals surface area contributed by atoms with Crippen molar-refractivity contribution in [2.75, 3.05) is 24.8 Å². The Morgan fingerprint density at radius 1 is 1.21 bits per heavy atom. The molecule has 0 amide bonds. The number of aromatic nitrogens is 4. The lowest BCUT2D eigenvalue weighted by atomic mass is 10.2. The van der Waals surface area contributed by atoms with Crippen LogP contribution in [0.15, 0.2) is 14.7 Å². The summed E-state index contributed by atoms with van der Waals surface area (Å²) in [4.78, 5) is 29.4. The van der Waals surface area contributed by atoms with E-state index in [0.717, 1.165) is 10.3 Å². The fraction of sp³-hybridized carbons (Fsp3) is 0.600. The van der Waals surface area contributed by atoms with Gasteiger partial charge in [-0.05, 0) is 20.8 Å². The average molecular weight is 334 g/mol. The van der Waals surface area contributed by atoms with Crippen molar-refractivity contribution in [3.63, 3.8) is 0 Å².